The fourth-order valence-corrected chi connectivity index (χ4v) is 3.71. The summed E-state index contributed by atoms with van der Waals surface area (Å²) in [6, 6.07) is 0.305. The molecular weight excluding hydrogens is 362 g/mol. The van der Waals surface area contributed by atoms with Crippen LogP contribution in [0.4, 0.5) is 11.5 Å². The molecule has 0 fully saturated rings. The average Bonchev–Trinajstić information content (AvgIpc) is 2.36. The Morgan fingerprint density at radius 2 is 2.00 bits per heavy atom. The molecule has 1 aliphatic heterocycles. The summed E-state index contributed by atoms with van der Waals surface area (Å²) in [6.07, 6.45) is 3.43. The highest BCUT2D eigenvalue weighted by Crippen LogP contribution is 2.48. The zero-order valence-corrected chi connectivity index (χ0v) is 15.8. The molecule has 0 unspecified atom stereocenters. The average molecular weight is 384 g/mol. The second-order valence-electron chi connectivity index (χ2n) is 6.71. The van der Waals surface area contributed by atoms with Crippen LogP contribution in [0.3, 0.4) is 0 Å². The van der Waals surface area contributed by atoms with Crippen LogP contribution in [-0.4, -0.2) is 21.7 Å². The largest absolute Gasteiger partial charge is 0.401 e. The lowest BCUT2D eigenvalue weighted by Crippen LogP contribution is -2.28. The summed E-state index contributed by atoms with van der Waals surface area (Å²) in [6.45, 7) is 8.64. The minimum absolute atomic E-state index is 0. The smallest absolute Gasteiger partial charge is 0.156 e. The fraction of sp³-hybridized carbons (Fsp3) is 0.533. The maximum absolute atomic E-state index is 6.26. The molecule has 22 heavy (non-hydrogen) atoms. The van der Waals surface area contributed by atoms with Crippen molar-refractivity contribution in [1.29, 1.82) is 0 Å². The van der Waals surface area contributed by atoms with Crippen LogP contribution in [0.25, 0.3) is 0 Å². The number of thioether (sulfide) groups is 1. The summed E-state index contributed by atoms with van der Waals surface area (Å²) in [7, 11) is 0. The first-order valence-corrected chi connectivity index (χ1v) is 8.03. The first kappa shape index (κ1) is 17.3. The van der Waals surface area contributed by atoms with Gasteiger partial charge in [0.25, 0.3) is 0 Å². The van der Waals surface area contributed by atoms with Crippen molar-refractivity contribution in [3.05, 3.63) is 16.9 Å². The van der Waals surface area contributed by atoms with Crippen molar-refractivity contribution in [1.82, 2.24) is 9.97 Å². The Kier molecular flexibility index (Phi) is 4.87. The van der Waals surface area contributed by atoms with E-state index in [9.17, 15) is 0 Å². The second-order valence-corrected chi connectivity index (χ2v) is 7.71. The third-order valence-corrected chi connectivity index (χ3v) is 4.72. The number of aromatic nitrogens is 2. The first-order chi connectivity index (χ1) is 9.85. The van der Waals surface area contributed by atoms with Crippen molar-refractivity contribution in [3.8, 4) is 0 Å². The Hall–Kier alpha value is -1.08. The summed E-state index contributed by atoms with van der Waals surface area (Å²) in [5.41, 5.74) is 9.27. The van der Waals surface area contributed by atoms with Crippen molar-refractivity contribution < 1.29 is 0 Å². The predicted octanol–water partition coefficient (Wildman–Crippen LogP) is 4.04. The van der Waals surface area contributed by atoms with E-state index in [0.717, 1.165) is 45.7 Å². The van der Waals surface area contributed by atoms with E-state index in [4.69, 9.17) is 10.7 Å². The molecule has 0 radical (unpaired) electrons. The Morgan fingerprint density at radius 3 is 2.68 bits per heavy atom. The Balaban J connectivity index is 0.00000176. The van der Waals surface area contributed by atoms with E-state index in [1.165, 1.54) is 0 Å². The Morgan fingerprint density at radius 1 is 1.27 bits per heavy atom. The van der Waals surface area contributed by atoms with Gasteiger partial charge in [-0.3, -0.25) is 0 Å². The van der Waals surface area contributed by atoms with Crippen molar-refractivity contribution in [2.75, 3.05) is 5.32 Å². The third-order valence-electron chi connectivity index (χ3n) is 3.53. The lowest BCUT2D eigenvalue weighted by molar-refractivity contribution is 0.371. The molecule has 0 atom stereocenters. The standard InChI is InChI=1S/C15H21N5S.BrH/c1-8(2)19-13-11-14(18-7-17-13)21-12-9(16)5-15(3,4)6-10(12)20-11;/h7-8H,5-6,16H2,1-4H3,(H,17,18,19);1H. The van der Waals surface area contributed by atoms with Crippen LogP contribution in [0.2, 0.25) is 0 Å². The quantitative estimate of drug-likeness (QED) is 0.753. The molecule has 1 aromatic heterocycles. The number of nitrogens with two attached hydrogens (primary N) is 1. The zero-order valence-electron chi connectivity index (χ0n) is 13.3. The maximum atomic E-state index is 6.26. The van der Waals surface area contributed by atoms with Gasteiger partial charge in [-0.1, -0.05) is 25.6 Å². The molecule has 1 aromatic rings. The van der Waals surface area contributed by atoms with Crippen molar-refractivity contribution in [2.24, 2.45) is 16.1 Å². The molecule has 5 nitrogen and oxygen atoms in total. The molecule has 0 saturated carbocycles. The van der Waals surface area contributed by atoms with E-state index in [1.54, 1.807) is 18.1 Å². The SMILES string of the molecule is Br.CC(C)Nc1ncnc2c1N=C1CC(C)(C)CC(N)=C1S2. The summed E-state index contributed by atoms with van der Waals surface area (Å²) in [5, 5.41) is 4.23. The highest BCUT2D eigenvalue weighted by Gasteiger charge is 2.34. The molecule has 2 aliphatic rings. The van der Waals surface area contributed by atoms with Gasteiger partial charge in [0.1, 0.15) is 17.0 Å². The van der Waals surface area contributed by atoms with E-state index in [0.29, 0.717) is 6.04 Å². The molecule has 0 saturated heterocycles. The summed E-state index contributed by atoms with van der Waals surface area (Å²) < 4.78 is 0. The van der Waals surface area contributed by atoms with Gasteiger partial charge in [0.15, 0.2) is 5.82 Å². The van der Waals surface area contributed by atoms with E-state index < -0.39 is 0 Å². The maximum Gasteiger partial charge on any atom is 0.156 e. The van der Waals surface area contributed by atoms with Gasteiger partial charge in [-0.2, -0.15) is 0 Å². The molecule has 120 valence electrons. The van der Waals surface area contributed by atoms with Gasteiger partial charge in [-0.15, -0.1) is 17.0 Å². The third kappa shape index (κ3) is 3.30. The molecule has 1 aliphatic carbocycles. The van der Waals surface area contributed by atoms with Crippen molar-refractivity contribution in [2.45, 2.75) is 51.6 Å². The van der Waals surface area contributed by atoms with E-state index >= 15 is 0 Å². The van der Waals surface area contributed by atoms with Crippen LogP contribution in [-0.2, 0) is 0 Å². The number of anilines is 1. The van der Waals surface area contributed by atoms with Gasteiger partial charge in [0.05, 0.1) is 10.6 Å². The van der Waals surface area contributed by atoms with Crippen LogP contribution in [0.5, 0.6) is 0 Å². The van der Waals surface area contributed by atoms with Crippen LogP contribution in [0, 0.1) is 5.41 Å². The molecule has 3 rings (SSSR count). The number of fused-ring (bicyclic) bond motifs is 2. The number of nitrogens with zero attached hydrogens (tertiary/aromatic N) is 3. The lowest BCUT2D eigenvalue weighted by Gasteiger charge is -2.34. The number of rotatable bonds is 2. The molecule has 3 N–H and O–H groups in total. The monoisotopic (exact) mass is 383 g/mol. The number of hydrogen-bond donors (Lipinski definition) is 2. The number of nitrogens with one attached hydrogen (secondary N) is 1. The van der Waals surface area contributed by atoms with Gasteiger partial charge in [0, 0.05) is 11.7 Å². The first-order valence-electron chi connectivity index (χ1n) is 7.22. The predicted molar refractivity (Wildman–Crippen MR) is 98.3 cm³/mol. The summed E-state index contributed by atoms with van der Waals surface area (Å²) in [5.74, 6) is 0.802. The van der Waals surface area contributed by atoms with Crippen LogP contribution in [0.15, 0.2) is 26.9 Å². The number of hydrogen-bond acceptors (Lipinski definition) is 6. The molecule has 0 aromatic carbocycles. The number of halogens is 1. The Bertz CT molecular complexity index is 651. The minimum atomic E-state index is 0. The van der Waals surface area contributed by atoms with Crippen LogP contribution >= 0.6 is 28.7 Å². The fourth-order valence-electron chi connectivity index (χ4n) is 2.74. The molecule has 7 heteroatoms. The van der Waals surface area contributed by atoms with Gasteiger partial charge in [-0.05, 0) is 32.1 Å². The molecule has 2 heterocycles. The van der Waals surface area contributed by atoms with Gasteiger partial charge in [0.2, 0.25) is 0 Å². The molecule has 0 spiro atoms. The zero-order chi connectivity index (χ0) is 15.2. The van der Waals surface area contributed by atoms with Gasteiger partial charge < -0.3 is 11.1 Å². The van der Waals surface area contributed by atoms with E-state index in [-0.39, 0.29) is 22.4 Å². The number of allylic oxidation sites excluding steroid dienone is 2. The molecule has 0 bridgehead atoms. The van der Waals surface area contributed by atoms with Gasteiger partial charge >= 0.3 is 0 Å². The molecular formula is C15H22BrN5S. The minimum Gasteiger partial charge on any atom is -0.401 e. The van der Waals surface area contributed by atoms with Crippen LogP contribution in [0.1, 0.15) is 40.5 Å². The lowest BCUT2D eigenvalue weighted by atomic mass is 9.78. The second kappa shape index (κ2) is 6.20. The van der Waals surface area contributed by atoms with Crippen molar-refractivity contribution >= 4 is 46.0 Å². The normalized spacial score (nSPS) is 19.0. The summed E-state index contributed by atoms with van der Waals surface area (Å²) in [4.78, 5) is 14.6. The van der Waals surface area contributed by atoms with Gasteiger partial charge in [-0.25, -0.2) is 15.0 Å². The van der Waals surface area contributed by atoms with Crippen LogP contribution < -0.4 is 11.1 Å². The Labute approximate surface area is 146 Å². The van der Waals surface area contributed by atoms with E-state index in [2.05, 4.69) is 43.0 Å². The topological polar surface area (TPSA) is 76.2 Å². The van der Waals surface area contributed by atoms with E-state index in [1.807, 2.05) is 0 Å². The highest BCUT2D eigenvalue weighted by molar-refractivity contribution is 8.93. The number of aliphatic imine (C=N–C) groups is 1. The van der Waals surface area contributed by atoms with Crippen molar-refractivity contribution in [3.63, 3.8) is 0 Å². The summed E-state index contributed by atoms with van der Waals surface area (Å²) >= 11 is 1.62. The molecule has 0 amide bonds. The highest BCUT2D eigenvalue weighted by atomic mass is 79.9.